The monoisotopic (exact) mass is 299 g/mol. The SMILES string of the molecule is CC1C(C(=O)O)CCN1C(=O)CSCc1cccs1. The summed E-state index contributed by atoms with van der Waals surface area (Å²) in [6, 6.07) is 3.87. The predicted molar refractivity (Wildman–Crippen MR) is 77.4 cm³/mol. The minimum absolute atomic E-state index is 0.0535. The number of rotatable bonds is 5. The fourth-order valence-corrected chi connectivity index (χ4v) is 4.09. The molecule has 0 bridgehead atoms. The molecule has 2 rings (SSSR count). The van der Waals surface area contributed by atoms with Crippen molar-refractivity contribution in [2.45, 2.75) is 25.1 Å². The van der Waals surface area contributed by atoms with Crippen molar-refractivity contribution in [1.82, 2.24) is 4.90 Å². The Balaban J connectivity index is 1.79. The van der Waals surface area contributed by atoms with Gasteiger partial charge in [-0.05, 0) is 24.8 Å². The van der Waals surface area contributed by atoms with Crippen molar-refractivity contribution in [3.8, 4) is 0 Å². The average molecular weight is 299 g/mol. The molecule has 1 aliphatic heterocycles. The molecule has 0 spiro atoms. The van der Waals surface area contributed by atoms with Crippen LogP contribution in [0.1, 0.15) is 18.2 Å². The van der Waals surface area contributed by atoms with Gasteiger partial charge in [0, 0.05) is 23.2 Å². The third-order valence-electron chi connectivity index (χ3n) is 3.44. The molecule has 1 aliphatic rings. The summed E-state index contributed by atoms with van der Waals surface area (Å²) in [7, 11) is 0. The number of carboxylic acid groups (broad SMARTS) is 1. The van der Waals surface area contributed by atoms with Gasteiger partial charge in [-0.3, -0.25) is 9.59 Å². The molecule has 1 aromatic heterocycles. The van der Waals surface area contributed by atoms with Crippen LogP contribution in [-0.2, 0) is 15.3 Å². The Morgan fingerprint density at radius 3 is 2.95 bits per heavy atom. The Kier molecular flexibility index (Phi) is 4.87. The Bertz CT molecular complexity index is 447. The number of nitrogens with zero attached hydrogens (tertiary/aromatic N) is 1. The molecule has 0 aromatic carbocycles. The number of carbonyl (C=O) groups is 2. The van der Waals surface area contributed by atoms with Gasteiger partial charge in [-0.15, -0.1) is 23.1 Å². The van der Waals surface area contributed by atoms with E-state index in [0.29, 0.717) is 18.7 Å². The van der Waals surface area contributed by atoms with Crippen molar-refractivity contribution < 1.29 is 14.7 Å². The summed E-state index contributed by atoms with van der Waals surface area (Å²) >= 11 is 3.28. The van der Waals surface area contributed by atoms with Crippen LogP contribution >= 0.6 is 23.1 Å². The van der Waals surface area contributed by atoms with Crippen LogP contribution in [0.3, 0.4) is 0 Å². The number of carboxylic acids is 1. The molecule has 0 aliphatic carbocycles. The van der Waals surface area contributed by atoms with Crippen molar-refractivity contribution >= 4 is 35.0 Å². The quantitative estimate of drug-likeness (QED) is 0.906. The topological polar surface area (TPSA) is 57.6 Å². The van der Waals surface area contributed by atoms with Gasteiger partial charge < -0.3 is 10.0 Å². The highest BCUT2D eigenvalue weighted by molar-refractivity contribution is 7.99. The smallest absolute Gasteiger partial charge is 0.308 e. The first kappa shape index (κ1) is 14.4. The van der Waals surface area contributed by atoms with E-state index in [1.54, 1.807) is 28.0 Å². The number of amides is 1. The summed E-state index contributed by atoms with van der Waals surface area (Å²) in [4.78, 5) is 26.0. The maximum atomic E-state index is 12.1. The third-order valence-corrected chi connectivity index (χ3v) is 5.47. The van der Waals surface area contributed by atoms with Gasteiger partial charge in [0.15, 0.2) is 0 Å². The molecule has 1 amide bonds. The van der Waals surface area contributed by atoms with Gasteiger partial charge in [-0.1, -0.05) is 6.07 Å². The van der Waals surface area contributed by atoms with Gasteiger partial charge in [0.1, 0.15) is 0 Å². The minimum Gasteiger partial charge on any atom is -0.481 e. The normalized spacial score (nSPS) is 22.7. The lowest BCUT2D eigenvalue weighted by Crippen LogP contribution is -2.38. The average Bonchev–Trinajstić information content (AvgIpc) is 2.98. The molecular weight excluding hydrogens is 282 g/mol. The lowest BCUT2D eigenvalue weighted by atomic mass is 10.0. The third kappa shape index (κ3) is 3.51. The van der Waals surface area contributed by atoms with Crippen LogP contribution in [0.2, 0.25) is 0 Å². The number of thiophene rings is 1. The van der Waals surface area contributed by atoms with Crippen molar-refractivity contribution in [2.75, 3.05) is 12.3 Å². The molecule has 1 N–H and O–H groups in total. The summed E-state index contributed by atoms with van der Waals surface area (Å²) in [6.07, 6.45) is 0.567. The second-order valence-electron chi connectivity index (χ2n) is 4.63. The minimum atomic E-state index is -0.797. The molecule has 1 fully saturated rings. The number of hydrogen-bond acceptors (Lipinski definition) is 4. The van der Waals surface area contributed by atoms with E-state index in [9.17, 15) is 9.59 Å². The molecule has 19 heavy (non-hydrogen) atoms. The van der Waals surface area contributed by atoms with Crippen molar-refractivity contribution in [2.24, 2.45) is 5.92 Å². The lowest BCUT2D eigenvalue weighted by Gasteiger charge is -2.23. The zero-order valence-corrected chi connectivity index (χ0v) is 12.4. The van der Waals surface area contributed by atoms with E-state index in [0.717, 1.165) is 5.75 Å². The zero-order chi connectivity index (χ0) is 13.8. The molecule has 6 heteroatoms. The number of aliphatic carboxylic acids is 1. The van der Waals surface area contributed by atoms with Crippen LogP contribution in [-0.4, -0.2) is 40.2 Å². The van der Waals surface area contributed by atoms with Gasteiger partial charge >= 0.3 is 5.97 Å². The van der Waals surface area contributed by atoms with Crippen molar-refractivity contribution in [3.63, 3.8) is 0 Å². The predicted octanol–water partition coefficient (Wildman–Crippen LogP) is 2.30. The largest absolute Gasteiger partial charge is 0.481 e. The zero-order valence-electron chi connectivity index (χ0n) is 10.7. The van der Waals surface area contributed by atoms with Gasteiger partial charge in [-0.2, -0.15) is 0 Å². The second kappa shape index (κ2) is 6.43. The van der Waals surface area contributed by atoms with Gasteiger partial charge in [0.05, 0.1) is 11.7 Å². The Hall–Kier alpha value is -1.01. The summed E-state index contributed by atoms with van der Waals surface area (Å²) in [5.41, 5.74) is 0. The first-order chi connectivity index (χ1) is 9.09. The van der Waals surface area contributed by atoms with Gasteiger partial charge in [-0.25, -0.2) is 0 Å². The maximum Gasteiger partial charge on any atom is 0.308 e. The van der Waals surface area contributed by atoms with Crippen LogP contribution in [0.5, 0.6) is 0 Å². The van der Waals surface area contributed by atoms with Crippen LogP contribution in [0.15, 0.2) is 17.5 Å². The van der Waals surface area contributed by atoms with Crippen LogP contribution in [0.4, 0.5) is 0 Å². The maximum absolute atomic E-state index is 12.1. The molecule has 2 unspecified atom stereocenters. The molecule has 104 valence electrons. The van der Waals surface area contributed by atoms with E-state index in [2.05, 4.69) is 6.07 Å². The van der Waals surface area contributed by atoms with Crippen LogP contribution < -0.4 is 0 Å². The standard InChI is InChI=1S/C13H17NO3S2/c1-9-11(13(16)17)4-5-14(9)12(15)8-18-7-10-3-2-6-19-10/h2-3,6,9,11H,4-5,7-8H2,1H3,(H,16,17). The van der Waals surface area contributed by atoms with E-state index in [1.807, 2.05) is 18.4 Å². The summed E-state index contributed by atoms with van der Waals surface area (Å²) in [5.74, 6) is 0.112. The fraction of sp³-hybridized carbons (Fsp3) is 0.538. The van der Waals surface area contributed by atoms with E-state index in [1.165, 1.54) is 4.88 Å². The Morgan fingerprint density at radius 2 is 2.37 bits per heavy atom. The second-order valence-corrected chi connectivity index (χ2v) is 6.65. The Labute approximate surface area is 120 Å². The number of likely N-dealkylation sites (tertiary alicyclic amines) is 1. The Morgan fingerprint density at radius 1 is 1.58 bits per heavy atom. The van der Waals surface area contributed by atoms with Crippen molar-refractivity contribution in [1.29, 1.82) is 0 Å². The number of carbonyl (C=O) groups excluding carboxylic acids is 1. The summed E-state index contributed by atoms with van der Waals surface area (Å²) < 4.78 is 0. The molecule has 1 aromatic rings. The highest BCUT2D eigenvalue weighted by atomic mass is 32.2. The molecular formula is C13H17NO3S2. The number of hydrogen-bond donors (Lipinski definition) is 1. The van der Waals surface area contributed by atoms with Gasteiger partial charge in [0.25, 0.3) is 0 Å². The van der Waals surface area contributed by atoms with E-state index >= 15 is 0 Å². The van der Waals surface area contributed by atoms with Crippen LogP contribution in [0.25, 0.3) is 0 Å². The molecule has 1 saturated heterocycles. The van der Waals surface area contributed by atoms with E-state index in [-0.39, 0.29) is 11.9 Å². The highest BCUT2D eigenvalue weighted by Crippen LogP contribution is 2.25. The number of thioether (sulfide) groups is 1. The fourth-order valence-electron chi connectivity index (χ4n) is 2.34. The van der Waals surface area contributed by atoms with Gasteiger partial charge in [0.2, 0.25) is 5.91 Å². The summed E-state index contributed by atoms with van der Waals surface area (Å²) in [5, 5.41) is 11.1. The van der Waals surface area contributed by atoms with E-state index in [4.69, 9.17) is 5.11 Å². The molecule has 2 heterocycles. The molecule has 0 saturated carbocycles. The molecule has 0 radical (unpaired) electrons. The first-order valence-corrected chi connectivity index (χ1v) is 8.25. The van der Waals surface area contributed by atoms with Crippen molar-refractivity contribution in [3.05, 3.63) is 22.4 Å². The molecule has 4 nitrogen and oxygen atoms in total. The summed E-state index contributed by atoms with van der Waals surface area (Å²) in [6.45, 7) is 2.39. The molecule has 2 atom stereocenters. The van der Waals surface area contributed by atoms with Crippen LogP contribution in [0, 0.1) is 5.92 Å². The highest BCUT2D eigenvalue weighted by Gasteiger charge is 2.37. The lowest BCUT2D eigenvalue weighted by molar-refractivity contribution is -0.142. The van der Waals surface area contributed by atoms with E-state index < -0.39 is 11.9 Å². The first-order valence-electron chi connectivity index (χ1n) is 6.22.